The lowest BCUT2D eigenvalue weighted by molar-refractivity contribution is 0.0935. The average Bonchev–Trinajstić information content (AvgIpc) is 2.38. The van der Waals surface area contributed by atoms with Gasteiger partial charge in [0.25, 0.3) is 5.91 Å². The highest BCUT2D eigenvalue weighted by Crippen LogP contribution is 2.15. The second-order valence-electron chi connectivity index (χ2n) is 4.77. The molecule has 0 radical (unpaired) electrons. The molecule has 19 heavy (non-hydrogen) atoms. The van der Waals surface area contributed by atoms with Gasteiger partial charge < -0.3 is 9.73 Å². The summed E-state index contributed by atoms with van der Waals surface area (Å²) in [6.07, 6.45) is 0.809. The van der Waals surface area contributed by atoms with Crippen LogP contribution in [-0.2, 0) is 0 Å². The van der Waals surface area contributed by atoms with Gasteiger partial charge in [-0.3, -0.25) is 4.79 Å². The zero-order chi connectivity index (χ0) is 14.0. The Hall–Kier alpha value is -2.10. The number of amides is 1. The van der Waals surface area contributed by atoms with Crippen LogP contribution >= 0.6 is 0 Å². The molecule has 1 unspecified atom stereocenters. The highest BCUT2D eigenvalue weighted by atomic mass is 16.4. The third-order valence-corrected chi connectivity index (χ3v) is 3.12. The van der Waals surface area contributed by atoms with Gasteiger partial charge in [0, 0.05) is 11.4 Å². The summed E-state index contributed by atoms with van der Waals surface area (Å²) in [5.41, 5.74) is 1.00. The van der Waals surface area contributed by atoms with Gasteiger partial charge in [-0.25, -0.2) is 4.79 Å². The molecule has 0 bridgehead atoms. The van der Waals surface area contributed by atoms with Crippen LogP contribution in [0.4, 0.5) is 0 Å². The van der Waals surface area contributed by atoms with Crippen molar-refractivity contribution >= 4 is 16.9 Å². The third kappa shape index (κ3) is 2.84. The summed E-state index contributed by atoms with van der Waals surface area (Å²) >= 11 is 0. The number of carbonyl (C=O) groups is 1. The van der Waals surface area contributed by atoms with Crippen molar-refractivity contribution in [1.29, 1.82) is 0 Å². The number of carbonyl (C=O) groups excluding carboxylic acids is 1. The fraction of sp³-hybridized carbons (Fsp3) is 0.333. The van der Waals surface area contributed by atoms with E-state index >= 15 is 0 Å². The summed E-state index contributed by atoms with van der Waals surface area (Å²) in [4.78, 5) is 23.8. The van der Waals surface area contributed by atoms with Gasteiger partial charge in [-0.2, -0.15) is 0 Å². The van der Waals surface area contributed by atoms with Crippen LogP contribution in [0.1, 0.15) is 36.2 Å². The van der Waals surface area contributed by atoms with E-state index in [1.807, 2.05) is 32.9 Å². The standard InChI is InChI=1S/C15H17NO3/c1-4-10(3)16-14(17)12-8-11-7-9(2)5-6-13(11)19-15(12)18/h5-8,10H,4H2,1-3H3,(H,16,17). The fourth-order valence-corrected chi connectivity index (χ4v) is 1.80. The first-order valence-electron chi connectivity index (χ1n) is 6.36. The van der Waals surface area contributed by atoms with Crippen LogP contribution < -0.4 is 10.9 Å². The van der Waals surface area contributed by atoms with Gasteiger partial charge in [-0.1, -0.05) is 18.6 Å². The van der Waals surface area contributed by atoms with Crippen LogP contribution in [0.3, 0.4) is 0 Å². The van der Waals surface area contributed by atoms with Crippen LogP contribution in [-0.4, -0.2) is 11.9 Å². The molecule has 1 aromatic carbocycles. The van der Waals surface area contributed by atoms with E-state index in [0.29, 0.717) is 5.58 Å². The van der Waals surface area contributed by atoms with E-state index in [1.165, 1.54) is 0 Å². The summed E-state index contributed by atoms with van der Waals surface area (Å²) in [6, 6.07) is 7.11. The van der Waals surface area contributed by atoms with Crippen molar-refractivity contribution in [1.82, 2.24) is 5.32 Å². The van der Waals surface area contributed by atoms with Crippen molar-refractivity contribution in [3.8, 4) is 0 Å². The first-order valence-corrected chi connectivity index (χ1v) is 6.36. The number of rotatable bonds is 3. The number of fused-ring (bicyclic) bond motifs is 1. The van der Waals surface area contributed by atoms with E-state index in [0.717, 1.165) is 17.4 Å². The van der Waals surface area contributed by atoms with Crippen molar-refractivity contribution in [2.24, 2.45) is 0 Å². The molecule has 1 amide bonds. The second kappa shape index (κ2) is 5.26. The van der Waals surface area contributed by atoms with Crippen LogP contribution in [0.2, 0.25) is 0 Å². The van der Waals surface area contributed by atoms with Crippen molar-refractivity contribution in [2.45, 2.75) is 33.2 Å². The lowest BCUT2D eigenvalue weighted by atomic mass is 10.1. The Morgan fingerprint density at radius 2 is 2.11 bits per heavy atom. The molecular formula is C15H17NO3. The van der Waals surface area contributed by atoms with Crippen molar-refractivity contribution in [2.75, 3.05) is 0 Å². The quantitative estimate of drug-likeness (QED) is 0.862. The van der Waals surface area contributed by atoms with Crippen molar-refractivity contribution in [3.63, 3.8) is 0 Å². The predicted octanol–water partition coefficient (Wildman–Crippen LogP) is 2.63. The smallest absolute Gasteiger partial charge is 0.349 e. The molecule has 100 valence electrons. The van der Waals surface area contributed by atoms with E-state index < -0.39 is 5.63 Å². The molecule has 1 N–H and O–H groups in total. The minimum atomic E-state index is -0.600. The maximum absolute atomic E-state index is 12.0. The third-order valence-electron chi connectivity index (χ3n) is 3.12. The number of nitrogens with one attached hydrogen (secondary N) is 1. The number of aryl methyl sites for hydroxylation is 1. The summed E-state index contributed by atoms with van der Waals surface area (Å²) in [7, 11) is 0. The van der Waals surface area contributed by atoms with Gasteiger partial charge in [0.15, 0.2) is 0 Å². The first kappa shape index (κ1) is 13.3. The molecule has 0 aliphatic carbocycles. The molecule has 1 heterocycles. The Kier molecular flexibility index (Phi) is 3.69. The number of benzene rings is 1. The monoisotopic (exact) mass is 259 g/mol. The Morgan fingerprint density at radius 1 is 1.37 bits per heavy atom. The molecule has 0 saturated carbocycles. The normalized spacial score (nSPS) is 12.4. The largest absolute Gasteiger partial charge is 0.422 e. The average molecular weight is 259 g/mol. The Bertz CT molecular complexity index is 673. The Labute approximate surface area is 111 Å². The van der Waals surface area contributed by atoms with Gasteiger partial charge in [-0.05, 0) is 38.5 Å². The van der Waals surface area contributed by atoms with Gasteiger partial charge >= 0.3 is 5.63 Å². The van der Waals surface area contributed by atoms with Crippen LogP contribution in [0.25, 0.3) is 11.0 Å². The van der Waals surface area contributed by atoms with Gasteiger partial charge in [0.2, 0.25) is 0 Å². The minimum Gasteiger partial charge on any atom is -0.422 e. The second-order valence-corrected chi connectivity index (χ2v) is 4.77. The molecule has 1 aromatic heterocycles. The highest BCUT2D eigenvalue weighted by Gasteiger charge is 2.15. The van der Waals surface area contributed by atoms with Gasteiger partial charge in [0.05, 0.1) is 0 Å². The summed E-state index contributed by atoms with van der Waals surface area (Å²) in [6.45, 7) is 5.81. The Balaban J connectivity index is 2.46. The molecule has 0 aliphatic rings. The fourth-order valence-electron chi connectivity index (χ4n) is 1.80. The van der Waals surface area contributed by atoms with E-state index in [9.17, 15) is 9.59 Å². The molecule has 2 rings (SSSR count). The van der Waals surface area contributed by atoms with Gasteiger partial charge in [-0.15, -0.1) is 0 Å². The van der Waals surface area contributed by atoms with E-state index in [2.05, 4.69) is 5.32 Å². The zero-order valence-corrected chi connectivity index (χ0v) is 11.3. The molecule has 0 fully saturated rings. The molecule has 4 heteroatoms. The maximum atomic E-state index is 12.0. The summed E-state index contributed by atoms with van der Waals surface area (Å²) in [5, 5.41) is 3.53. The number of hydrogen-bond acceptors (Lipinski definition) is 3. The minimum absolute atomic E-state index is 0.0279. The van der Waals surface area contributed by atoms with E-state index in [4.69, 9.17) is 4.42 Å². The van der Waals surface area contributed by atoms with Crippen LogP contribution in [0, 0.1) is 6.92 Å². The van der Waals surface area contributed by atoms with E-state index in [1.54, 1.807) is 12.1 Å². The molecule has 0 spiro atoms. The summed E-state index contributed by atoms with van der Waals surface area (Å²) in [5.74, 6) is -0.383. The molecule has 0 aliphatic heterocycles. The van der Waals surface area contributed by atoms with Crippen LogP contribution in [0.15, 0.2) is 33.5 Å². The van der Waals surface area contributed by atoms with Crippen molar-refractivity contribution in [3.05, 3.63) is 45.8 Å². The summed E-state index contributed by atoms with van der Waals surface area (Å²) < 4.78 is 5.17. The molecule has 1 atom stereocenters. The zero-order valence-electron chi connectivity index (χ0n) is 11.3. The van der Waals surface area contributed by atoms with E-state index in [-0.39, 0.29) is 17.5 Å². The number of hydrogen-bond donors (Lipinski definition) is 1. The van der Waals surface area contributed by atoms with Gasteiger partial charge in [0.1, 0.15) is 11.1 Å². The van der Waals surface area contributed by atoms with Crippen molar-refractivity contribution < 1.29 is 9.21 Å². The lowest BCUT2D eigenvalue weighted by Crippen LogP contribution is -2.34. The highest BCUT2D eigenvalue weighted by molar-refractivity contribution is 5.96. The topological polar surface area (TPSA) is 59.3 Å². The maximum Gasteiger partial charge on any atom is 0.349 e. The molecular weight excluding hydrogens is 242 g/mol. The lowest BCUT2D eigenvalue weighted by Gasteiger charge is -2.10. The molecule has 2 aromatic rings. The first-order chi connectivity index (χ1) is 9.01. The van der Waals surface area contributed by atoms with Crippen LogP contribution in [0.5, 0.6) is 0 Å². The SMILES string of the molecule is CCC(C)NC(=O)c1cc2cc(C)ccc2oc1=O. The Morgan fingerprint density at radius 3 is 2.79 bits per heavy atom. The molecule has 0 saturated heterocycles. The molecule has 4 nitrogen and oxygen atoms in total. The predicted molar refractivity (Wildman–Crippen MR) is 74.4 cm³/mol.